The lowest BCUT2D eigenvalue weighted by Gasteiger charge is -2.16. The molecule has 2 aromatic carbocycles. The van der Waals surface area contributed by atoms with E-state index in [0.717, 1.165) is 34.9 Å². The van der Waals surface area contributed by atoms with E-state index in [1.807, 2.05) is 0 Å². The fourth-order valence-corrected chi connectivity index (χ4v) is 3.82. The number of amides is 2. The second kappa shape index (κ2) is 7.48. The van der Waals surface area contributed by atoms with E-state index >= 15 is 0 Å². The highest BCUT2D eigenvalue weighted by Gasteiger charge is 2.42. The van der Waals surface area contributed by atoms with Gasteiger partial charge in [-0.05, 0) is 30.3 Å². The number of imide groups is 1. The minimum absolute atomic E-state index is 0.00899. The quantitative estimate of drug-likeness (QED) is 0.621. The molecule has 30 heavy (non-hydrogen) atoms. The molecule has 0 aliphatic carbocycles. The van der Waals surface area contributed by atoms with Gasteiger partial charge in [0, 0.05) is 6.42 Å². The van der Waals surface area contributed by atoms with E-state index in [-0.39, 0.29) is 29.0 Å². The highest BCUT2D eigenvalue weighted by molar-refractivity contribution is 8.00. The molecule has 0 unspecified atom stereocenters. The third-order valence-corrected chi connectivity index (χ3v) is 5.34. The molecule has 0 bridgehead atoms. The zero-order valence-corrected chi connectivity index (χ0v) is 15.8. The van der Waals surface area contributed by atoms with Gasteiger partial charge in [-0.1, -0.05) is 30.0 Å². The predicted molar refractivity (Wildman–Crippen MR) is 99.6 cm³/mol. The third-order valence-electron chi connectivity index (χ3n) is 4.32. The maximum absolute atomic E-state index is 12.9. The van der Waals surface area contributed by atoms with Crippen molar-refractivity contribution in [2.45, 2.75) is 23.1 Å². The number of halogens is 3. The minimum Gasteiger partial charge on any atom is -0.507 e. The summed E-state index contributed by atoms with van der Waals surface area (Å²) in [4.78, 5) is 25.7. The fraction of sp³-hybridized carbons (Fsp3) is 0.158. The number of aromatic nitrogens is 2. The van der Waals surface area contributed by atoms with E-state index in [1.165, 1.54) is 12.1 Å². The maximum Gasteiger partial charge on any atom is 0.416 e. The molecule has 1 saturated heterocycles. The summed E-state index contributed by atoms with van der Waals surface area (Å²) in [6, 6.07) is 10.3. The number of thioether (sulfide) groups is 1. The van der Waals surface area contributed by atoms with Crippen LogP contribution in [0.15, 0.2) is 58.2 Å². The van der Waals surface area contributed by atoms with Crippen LogP contribution >= 0.6 is 11.8 Å². The Kier molecular flexibility index (Phi) is 4.98. The van der Waals surface area contributed by atoms with Gasteiger partial charge in [-0.3, -0.25) is 9.59 Å². The van der Waals surface area contributed by atoms with E-state index in [0.29, 0.717) is 5.56 Å². The van der Waals surface area contributed by atoms with Crippen LogP contribution in [-0.4, -0.2) is 32.4 Å². The molecule has 4 rings (SSSR count). The molecule has 7 nitrogen and oxygen atoms in total. The molecule has 1 aliphatic rings. The first-order valence-corrected chi connectivity index (χ1v) is 9.44. The van der Waals surface area contributed by atoms with Gasteiger partial charge in [0.15, 0.2) is 0 Å². The second-order valence-electron chi connectivity index (χ2n) is 6.32. The number of phenolic OH excluding ortho intramolecular Hbond substituents is 1. The molecule has 1 aromatic heterocycles. The average molecular weight is 435 g/mol. The Morgan fingerprint density at radius 3 is 2.60 bits per heavy atom. The van der Waals surface area contributed by atoms with Crippen LogP contribution in [0.4, 0.5) is 18.9 Å². The number of benzene rings is 2. The molecule has 0 radical (unpaired) electrons. The van der Waals surface area contributed by atoms with Crippen molar-refractivity contribution < 1.29 is 32.3 Å². The Labute approximate surface area is 171 Å². The molecule has 3 aromatic rings. The lowest BCUT2D eigenvalue weighted by molar-refractivity contribution is -0.137. The first-order valence-electron chi connectivity index (χ1n) is 8.56. The smallest absolute Gasteiger partial charge is 0.416 e. The molecule has 0 saturated carbocycles. The van der Waals surface area contributed by atoms with E-state index in [4.69, 9.17) is 4.42 Å². The molecule has 1 atom stereocenters. The molecular formula is C19H12F3N3O4S. The van der Waals surface area contributed by atoms with Crippen LogP contribution < -0.4 is 4.90 Å². The number of hydrogen-bond donors (Lipinski definition) is 1. The summed E-state index contributed by atoms with van der Waals surface area (Å²) in [6.45, 7) is 0. The van der Waals surface area contributed by atoms with Gasteiger partial charge in [-0.25, -0.2) is 4.90 Å². The highest BCUT2D eigenvalue weighted by atomic mass is 32.2. The van der Waals surface area contributed by atoms with Gasteiger partial charge in [0.2, 0.25) is 11.8 Å². The molecule has 11 heteroatoms. The number of alkyl halides is 3. The first-order chi connectivity index (χ1) is 14.2. The Morgan fingerprint density at radius 2 is 1.87 bits per heavy atom. The second-order valence-corrected chi connectivity index (χ2v) is 7.47. The van der Waals surface area contributed by atoms with Gasteiger partial charge in [0.25, 0.3) is 11.1 Å². The lowest BCUT2D eigenvalue weighted by Crippen LogP contribution is -2.31. The Morgan fingerprint density at radius 1 is 1.10 bits per heavy atom. The maximum atomic E-state index is 12.9. The summed E-state index contributed by atoms with van der Waals surface area (Å²) in [5, 5.41) is 16.5. The minimum atomic E-state index is -4.60. The number of carbonyl (C=O) groups is 2. The number of anilines is 1. The van der Waals surface area contributed by atoms with Crippen LogP contribution in [0, 0.1) is 0 Å². The molecule has 2 amide bonds. The normalized spacial score (nSPS) is 17.0. The average Bonchev–Trinajstić information content (AvgIpc) is 3.26. The van der Waals surface area contributed by atoms with Crippen LogP contribution in [0.2, 0.25) is 0 Å². The molecule has 154 valence electrons. The summed E-state index contributed by atoms with van der Waals surface area (Å²) in [7, 11) is 0. The van der Waals surface area contributed by atoms with E-state index in [1.54, 1.807) is 18.2 Å². The molecule has 0 spiro atoms. The van der Waals surface area contributed by atoms with Gasteiger partial charge in [-0.15, -0.1) is 10.2 Å². The summed E-state index contributed by atoms with van der Waals surface area (Å²) in [6.07, 6.45) is -4.83. The number of para-hydroxylation sites is 1. The standard InChI is InChI=1S/C19H12F3N3O4S/c20-19(21,22)10-4-3-5-11(8-10)25-15(27)9-14(17(25)28)30-18-24-23-16(29-18)12-6-1-2-7-13(12)26/h1-8,14,26H,9H2/t14-/m1/s1. The summed E-state index contributed by atoms with van der Waals surface area (Å²) in [5.41, 5.74) is -0.805. The molecule has 1 aliphatic heterocycles. The zero-order chi connectivity index (χ0) is 21.5. The fourth-order valence-electron chi connectivity index (χ4n) is 2.93. The topological polar surface area (TPSA) is 96.5 Å². The van der Waals surface area contributed by atoms with Crippen molar-refractivity contribution >= 4 is 29.3 Å². The lowest BCUT2D eigenvalue weighted by atomic mass is 10.2. The van der Waals surface area contributed by atoms with Crippen LogP contribution in [0.25, 0.3) is 11.5 Å². The Bertz CT molecular complexity index is 1130. The van der Waals surface area contributed by atoms with Crippen molar-refractivity contribution in [2.75, 3.05) is 4.90 Å². The third kappa shape index (κ3) is 3.75. The first kappa shape index (κ1) is 20.0. The number of rotatable bonds is 4. The monoisotopic (exact) mass is 435 g/mol. The number of aromatic hydroxyl groups is 1. The molecule has 1 N–H and O–H groups in total. The van der Waals surface area contributed by atoms with Crippen molar-refractivity contribution in [3.63, 3.8) is 0 Å². The van der Waals surface area contributed by atoms with Crippen LogP contribution in [-0.2, 0) is 15.8 Å². The van der Waals surface area contributed by atoms with E-state index in [9.17, 15) is 27.9 Å². The van der Waals surface area contributed by atoms with Gasteiger partial charge >= 0.3 is 6.18 Å². The van der Waals surface area contributed by atoms with Gasteiger partial charge in [0.1, 0.15) is 11.0 Å². The van der Waals surface area contributed by atoms with Crippen molar-refractivity contribution in [2.24, 2.45) is 0 Å². The van der Waals surface area contributed by atoms with Crippen molar-refractivity contribution in [3.8, 4) is 17.2 Å². The van der Waals surface area contributed by atoms with Crippen LogP contribution in [0.5, 0.6) is 5.75 Å². The van der Waals surface area contributed by atoms with Gasteiger partial charge < -0.3 is 9.52 Å². The predicted octanol–water partition coefficient (Wildman–Crippen LogP) is 3.89. The SMILES string of the molecule is O=C1C[C@@H](Sc2nnc(-c3ccccc3O)o2)C(=O)N1c1cccc(C(F)(F)F)c1. The van der Waals surface area contributed by atoms with Crippen molar-refractivity contribution in [3.05, 3.63) is 54.1 Å². The van der Waals surface area contributed by atoms with E-state index < -0.39 is 28.8 Å². The highest BCUT2D eigenvalue weighted by Crippen LogP contribution is 2.37. The number of carbonyl (C=O) groups excluding carboxylic acids is 2. The Balaban J connectivity index is 1.54. The van der Waals surface area contributed by atoms with Gasteiger partial charge in [-0.2, -0.15) is 13.2 Å². The molecule has 2 heterocycles. The van der Waals surface area contributed by atoms with Crippen LogP contribution in [0.1, 0.15) is 12.0 Å². The zero-order valence-electron chi connectivity index (χ0n) is 15.0. The number of phenols is 1. The largest absolute Gasteiger partial charge is 0.507 e. The number of nitrogens with zero attached hydrogens (tertiary/aromatic N) is 3. The molecule has 1 fully saturated rings. The summed E-state index contributed by atoms with van der Waals surface area (Å²) < 4.78 is 44.3. The van der Waals surface area contributed by atoms with Crippen molar-refractivity contribution in [1.82, 2.24) is 10.2 Å². The van der Waals surface area contributed by atoms with E-state index in [2.05, 4.69) is 10.2 Å². The summed E-state index contributed by atoms with van der Waals surface area (Å²) >= 11 is 0.836. The van der Waals surface area contributed by atoms with Crippen LogP contribution in [0.3, 0.4) is 0 Å². The number of hydrogen-bond acceptors (Lipinski definition) is 7. The Hall–Kier alpha value is -3.34. The van der Waals surface area contributed by atoms with Gasteiger partial charge in [0.05, 0.1) is 16.8 Å². The molecular weight excluding hydrogens is 423 g/mol. The summed E-state index contributed by atoms with van der Waals surface area (Å²) in [5.74, 6) is -1.34. The van der Waals surface area contributed by atoms with Crippen molar-refractivity contribution in [1.29, 1.82) is 0 Å².